The van der Waals surface area contributed by atoms with E-state index in [9.17, 15) is 9.90 Å². The monoisotopic (exact) mass is 167 g/mol. The van der Waals surface area contributed by atoms with Crippen molar-refractivity contribution in [3.63, 3.8) is 0 Å². The molecule has 3 nitrogen and oxygen atoms in total. The summed E-state index contributed by atoms with van der Waals surface area (Å²) < 4.78 is 0. The van der Waals surface area contributed by atoms with E-state index in [1.165, 1.54) is 0 Å². The molecule has 1 N–H and O–H groups in total. The van der Waals surface area contributed by atoms with Crippen LogP contribution >= 0.6 is 0 Å². The molecule has 0 fully saturated rings. The Hall–Kier alpha value is -1.35. The highest BCUT2D eigenvalue weighted by atomic mass is 16.5. The Kier molecular flexibility index (Phi) is 2.82. The highest BCUT2D eigenvalue weighted by Gasteiger charge is 2.09. The van der Waals surface area contributed by atoms with Gasteiger partial charge < -0.3 is 15.0 Å². The summed E-state index contributed by atoms with van der Waals surface area (Å²) in [5.74, 6) is -2.16. The lowest BCUT2D eigenvalue weighted by Gasteiger charge is -2.14. The van der Waals surface area contributed by atoms with E-state index < -0.39 is 18.5 Å². The SMILES string of the molecule is O=[13C]([O-])[13CH](CO)c1ccccc1. The van der Waals surface area contributed by atoms with Crippen molar-refractivity contribution < 1.29 is 15.0 Å². The van der Waals surface area contributed by atoms with Crippen molar-refractivity contribution in [2.75, 3.05) is 6.61 Å². The van der Waals surface area contributed by atoms with Crippen molar-refractivity contribution in [2.24, 2.45) is 0 Å². The maximum atomic E-state index is 10.5. The minimum absolute atomic E-state index is 0.424. The van der Waals surface area contributed by atoms with Crippen LogP contribution in [-0.4, -0.2) is 17.7 Å². The summed E-state index contributed by atoms with van der Waals surface area (Å²) in [7, 11) is 0. The van der Waals surface area contributed by atoms with Gasteiger partial charge in [0.2, 0.25) is 0 Å². The minimum atomic E-state index is -1.25. The van der Waals surface area contributed by atoms with Crippen LogP contribution in [0, 0.1) is 0 Å². The van der Waals surface area contributed by atoms with Gasteiger partial charge >= 0.3 is 0 Å². The highest BCUT2D eigenvalue weighted by molar-refractivity contribution is 5.74. The number of benzene rings is 1. The molecule has 0 radical (unpaired) electrons. The number of carboxylic acids is 1. The maximum Gasteiger partial charge on any atom is 0.0552 e. The van der Waals surface area contributed by atoms with Crippen molar-refractivity contribution in [1.29, 1.82) is 0 Å². The molecule has 0 aromatic heterocycles. The molecule has 0 aliphatic heterocycles. The van der Waals surface area contributed by atoms with E-state index in [4.69, 9.17) is 5.11 Å². The first-order chi connectivity index (χ1) is 5.75. The smallest absolute Gasteiger partial charge is 0.0552 e. The molecule has 1 aromatic carbocycles. The molecule has 1 aromatic rings. The molecule has 64 valence electrons. The van der Waals surface area contributed by atoms with Gasteiger partial charge in [-0.15, -0.1) is 0 Å². The lowest BCUT2D eigenvalue weighted by molar-refractivity contribution is -0.308. The van der Waals surface area contributed by atoms with Crippen LogP contribution < -0.4 is 5.11 Å². The van der Waals surface area contributed by atoms with Crippen LogP contribution in [-0.2, 0) is 4.79 Å². The number of rotatable bonds is 3. The van der Waals surface area contributed by atoms with Crippen molar-refractivity contribution in [3.8, 4) is 0 Å². The molecule has 1 rings (SSSR count). The Bertz CT molecular complexity index is 256. The summed E-state index contributed by atoms with van der Waals surface area (Å²) in [5.41, 5.74) is 0.569. The Morgan fingerprint density at radius 1 is 1.42 bits per heavy atom. The van der Waals surface area contributed by atoms with Crippen molar-refractivity contribution in [2.45, 2.75) is 5.92 Å². The van der Waals surface area contributed by atoms with Crippen LogP contribution in [0.5, 0.6) is 0 Å². The number of aliphatic hydroxyl groups is 1. The number of carbonyl (C=O) groups is 1. The van der Waals surface area contributed by atoms with Gasteiger partial charge in [-0.05, 0) is 5.56 Å². The molecule has 0 amide bonds. The van der Waals surface area contributed by atoms with Crippen LogP contribution in [0.15, 0.2) is 30.3 Å². The third kappa shape index (κ3) is 1.83. The molecule has 0 saturated carbocycles. The normalized spacial score (nSPS) is 12.4. The fourth-order valence-corrected chi connectivity index (χ4v) is 1.00. The second kappa shape index (κ2) is 3.88. The second-order valence-electron chi connectivity index (χ2n) is 2.46. The molecule has 0 saturated heterocycles. The molecule has 0 spiro atoms. The van der Waals surface area contributed by atoms with Crippen molar-refractivity contribution in [3.05, 3.63) is 35.9 Å². The lowest BCUT2D eigenvalue weighted by atomic mass is 10.2. The summed E-state index contributed by atoms with van der Waals surface area (Å²) in [6.07, 6.45) is 0. The Labute approximate surface area is 70.3 Å². The number of aliphatic carboxylic acids is 1. The van der Waals surface area contributed by atoms with Crippen molar-refractivity contribution >= 4 is 5.97 Å². The fourth-order valence-electron chi connectivity index (χ4n) is 1.00. The largest absolute Gasteiger partial charge is 0.549 e. The van der Waals surface area contributed by atoms with E-state index in [0.29, 0.717) is 5.56 Å². The van der Waals surface area contributed by atoms with E-state index in [2.05, 4.69) is 0 Å². The Balaban J connectivity index is 2.88. The van der Waals surface area contributed by atoms with Gasteiger partial charge in [0, 0.05) is 5.92 Å². The van der Waals surface area contributed by atoms with Crippen LogP contribution in [0.1, 0.15) is 11.5 Å². The first-order valence-electron chi connectivity index (χ1n) is 3.62. The number of hydrogen-bond acceptors (Lipinski definition) is 3. The van der Waals surface area contributed by atoms with Crippen LogP contribution in [0.2, 0.25) is 0 Å². The predicted octanol–water partition coefficient (Wildman–Crippen LogP) is -0.488. The molecule has 0 heterocycles. The van der Waals surface area contributed by atoms with Crippen LogP contribution in [0.3, 0.4) is 0 Å². The van der Waals surface area contributed by atoms with Gasteiger partial charge in [-0.3, -0.25) is 0 Å². The van der Waals surface area contributed by atoms with E-state index in [0.717, 1.165) is 0 Å². The first-order valence-corrected chi connectivity index (χ1v) is 3.62. The molecule has 3 heteroatoms. The Morgan fingerprint density at radius 3 is 2.42 bits per heavy atom. The minimum Gasteiger partial charge on any atom is -0.549 e. The third-order valence-corrected chi connectivity index (χ3v) is 1.67. The van der Waals surface area contributed by atoms with Gasteiger partial charge in [0.05, 0.1) is 12.6 Å². The zero-order valence-corrected chi connectivity index (χ0v) is 6.43. The second-order valence-corrected chi connectivity index (χ2v) is 2.46. The lowest BCUT2D eigenvalue weighted by Crippen LogP contribution is -2.31. The summed E-state index contributed by atoms with van der Waals surface area (Å²) in [4.78, 5) is 10.5. The molecule has 1 unspecified atom stereocenters. The predicted molar refractivity (Wildman–Crippen MR) is 41.3 cm³/mol. The number of aliphatic hydroxyl groups excluding tert-OH is 1. The van der Waals surface area contributed by atoms with Gasteiger partial charge in [0.1, 0.15) is 0 Å². The van der Waals surface area contributed by atoms with Gasteiger partial charge in [0.15, 0.2) is 0 Å². The molecule has 12 heavy (non-hydrogen) atoms. The standard InChI is InChI=1S/C9H10O3/c10-6-8(9(11)12)7-4-2-1-3-5-7/h1-5,8,10H,6H2,(H,11,12)/p-1/i8+1,9+1. The molecule has 0 aliphatic rings. The topological polar surface area (TPSA) is 60.4 Å². The van der Waals surface area contributed by atoms with E-state index in [1.807, 2.05) is 0 Å². The third-order valence-electron chi connectivity index (χ3n) is 1.67. The number of carbonyl (C=O) groups excluding carboxylic acids is 1. The van der Waals surface area contributed by atoms with E-state index >= 15 is 0 Å². The number of hydrogen-bond donors (Lipinski definition) is 1. The van der Waals surface area contributed by atoms with Gasteiger partial charge in [-0.25, -0.2) is 0 Å². The Morgan fingerprint density at radius 2 is 2.00 bits per heavy atom. The van der Waals surface area contributed by atoms with Gasteiger partial charge in [-0.2, -0.15) is 0 Å². The zero-order valence-electron chi connectivity index (χ0n) is 6.43. The molecule has 1 atom stereocenters. The molecular formula is C9H9O3-. The summed E-state index contributed by atoms with van der Waals surface area (Å²) in [5, 5.41) is 19.2. The van der Waals surface area contributed by atoms with E-state index in [-0.39, 0.29) is 0 Å². The summed E-state index contributed by atoms with van der Waals surface area (Å²) in [6.45, 7) is -0.424. The average molecular weight is 167 g/mol. The average Bonchev–Trinajstić information content (AvgIpc) is 2.07. The molecular weight excluding hydrogens is 158 g/mol. The zero-order chi connectivity index (χ0) is 8.97. The van der Waals surface area contributed by atoms with Crippen LogP contribution in [0.25, 0.3) is 0 Å². The van der Waals surface area contributed by atoms with E-state index in [1.54, 1.807) is 30.3 Å². The number of carboxylic acid groups (broad SMARTS) is 1. The maximum absolute atomic E-state index is 10.5. The fraction of sp³-hybridized carbons (Fsp3) is 0.222. The molecule has 0 bridgehead atoms. The summed E-state index contributed by atoms with van der Waals surface area (Å²) in [6, 6.07) is 8.53. The first kappa shape index (κ1) is 8.74. The van der Waals surface area contributed by atoms with Gasteiger partial charge in [-0.1, -0.05) is 30.3 Å². The van der Waals surface area contributed by atoms with Crippen molar-refractivity contribution in [1.82, 2.24) is 0 Å². The highest BCUT2D eigenvalue weighted by Crippen LogP contribution is 2.12. The van der Waals surface area contributed by atoms with Crippen LogP contribution in [0.4, 0.5) is 0 Å². The summed E-state index contributed by atoms with van der Waals surface area (Å²) >= 11 is 0. The quantitative estimate of drug-likeness (QED) is 0.618. The molecule has 0 aliphatic carbocycles. The van der Waals surface area contributed by atoms with Gasteiger partial charge in [0.25, 0.3) is 0 Å².